The lowest BCUT2D eigenvalue weighted by atomic mass is 9.88. The second-order valence-corrected chi connectivity index (χ2v) is 4.61. The van der Waals surface area contributed by atoms with Gasteiger partial charge < -0.3 is 19.5 Å². The van der Waals surface area contributed by atoms with E-state index in [0.29, 0.717) is 30.3 Å². The van der Waals surface area contributed by atoms with Crippen molar-refractivity contribution in [2.24, 2.45) is 0 Å². The summed E-state index contributed by atoms with van der Waals surface area (Å²) in [6, 6.07) is 0. The molecule has 1 aromatic heterocycles. The van der Waals surface area contributed by atoms with Gasteiger partial charge in [-0.15, -0.1) is 0 Å². The third kappa shape index (κ3) is 2.39. The van der Waals surface area contributed by atoms with Crippen LogP contribution in [0.5, 0.6) is 11.8 Å². The normalized spacial score (nSPS) is 19.6. The van der Waals surface area contributed by atoms with Crippen LogP contribution in [0.2, 0.25) is 0 Å². The molecule has 1 saturated heterocycles. The van der Waals surface area contributed by atoms with Crippen LogP contribution in [0.25, 0.3) is 0 Å². The fourth-order valence-corrected chi connectivity index (χ4v) is 2.14. The number of methoxy groups -OCH3 is 2. The Morgan fingerprint density at radius 2 is 1.94 bits per heavy atom. The molecule has 0 amide bonds. The molecule has 1 aliphatic heterocycles. The van der Waals surface area contributed by atoms with Crippen molar-refractivity contribution in [3.8, 4) is 11.8 Å². The zero-order valence-electron chi connectivity index (χ0n) is 11.0. The van der Waals surface area contributed by atoms with Crippen LogP contribution in [0.4, 0.5) is 0 Å². The number of hydrogen-bond acceptors (Lipinski definition) is 6. The Labute approximate surface area is 107 Å². The minimum atomic E-state index is -0.961. The number of piperidine rings is 1. The Bertz CT molecular complexity index is 417. The van der Waals surface area contributed by atoms with Gasteiger partial charge in [-0.2, -0.15) is 4.98 Å². The average Bonchev–Trinajstić information content (AvgIpc) is 2.41. The topological polar surface area (TPSA) is 67.7 Å². The first-order chi connectivity index (χ1) is 8.59. The van der Waals surface area contributed by atoms with Crippen LogP contribution in [-0.2, 0) is 5.60 Å². The number of ether oxygens (including phenoxy) is 2. The van der Waals surface area contributed by atoms with E-state index in [1.807, 2.05) is 7.05 Å². The number of aromatic nitrogens is 2. The predicted octanol–water partition coefficient (Wildman–Crippen LogP) is 0.407. The minimum absolute atomic E-state index is 0.335. The standard InChI is InChI=1S/C12H19N3O3/c1-15-6-4-12(16,5-7-15)10-11(18-3)14-9(17-2)8-13-10/h8,16H,4-7H2,1-3H3. The third-order valence-electron chi connectivity index (χ3n) is 3.38. The van der Waals surface area contributed by atoms with Gasteiger partial charge in [-0.05, 0) is 19.9 Å². The van der Waals surface area contributed by atoms with E-state index >= 15 is 0 Å². The van der Waals surface area contributed by atoms with Crippen LogP contribution in [0.3, 0.4) is 0 Å². The molecule has 2 heterocycles. The number of likely N-dealkylation sites (tertiary alicyclic amines) is 1. The second-order valence-electron chi connectivity index (χ2n) is 4.61. The zero-order chi connectivity index (χ0) is 13.2. The van der Waals surface area contributed by atoms with E-state index < -0.39 is 5.60 Å². The Morgan fingerprint density at radius 1 is 1.28 bits per heavy atom. The molecule has 6 heteroatoms. The summed E-state index contributed by atoms with van der Waals surface area (Å²) in [5, 5.41) is 10.7. The molecular weight excluding hydrogens is 234 g/mol. The van der Waals surface area contributed by atoms with Crippen molar-refractivity contribution in [1.29, 1.82) is 0 Å². The van der Waals surface area contributed by atoms with Crippen molar-refractivity contribution in [3.05, 3.63) is 11.9 Å². The molecule has 100 valence electrons. The third-order valence-corrected chi connectivity index (χ3v) is 3.38. The zero-order valence-corrected chi connectivity index (χ0v) is 11.0. The highest BCUT2D eigenvalue weighted by Gasteiger charge is 2.37. The predicted molar refractivity (Wildman–Crippen MR) is 65.8 cm³/mol. The molecule has 1 aromatic rings. The first-order valence-corrected chi connectivity index (χ1v) is 5.95. The largest absolute Gasteiger partial charge is 0.480 e. The van der Waals surface area contributed by atoms with Gasteiger partial charge in [0.25, 0.3) is 0 Å². The maximum absolute atomic E-state index is 10.7. The molecule has 18 heavy (non-hydrogen) atoms. The summed E-state index contributed by atoms with van der Waals surface area (Å²) in [6.45, 7) is 1.65. The van der Waals surface area contributed by atoms with Gasteiger partial charge in [-0.3, -0.25) is 0 Å². The number of nitrogens with zero attached hydrogens (tertiary/aromatic N) is 3. The van der Waals surface area contributed by atoms with Crippen molar-refractivity contribution in [2.75, 3.05) is 34.4 Å². The lowest BCUT2D eigenvalue weighted by Gasteiger charge is -2.36. The first-order valence-electron chi connectivity index (χ1n) is 5.95. The van der Waals surface area contributed by atoms with Gasteiger partial charge in [0.1, 0.15) is 11.3 Å². The molecule has 6 nitrogen and oxygen atoms in total. The molecule has 0 aromatic carbocycles. The van der Waals surface area contributed by atoms with Gasteiger partial charge in [-0.25, -0.2) is 4.98 Å². The summed E-state index contributed by atoms with van der Waals surface area (Å²) in [5.41, 5.74) is -0.462. The fraction of sp³-hybridized carbons (Fsp3) is 0.667. The van der Waals surface area contributed by atoms with Crippen molar-refractivity contribution in [2.45, 2.75) is 18.4 Å². The molecule has 1 fully saturated rings. The lowest BCUT2D eigenvalue weighted by molar-refractivity contribution is -0.0261. The summed E-state index contributed by atoms with van der Waals surface area (Å²) in [4.78, 5) is 10.6. The van der Waals surface area contributed by atoms with E-state index in [9.17, 15) is 5.11 Å². The second kappa shape index (κ2) is 5.07. The van der Waals surface area contributed by atoms with Crippen LogP contribution in [0.1, 0.15) is 18.5 Å². The number of hydrogen-bond donors (Lipinski definition) is 1. The molecular formula is C12H19N3O3. The monoisotopic (exact) mass is 253 g/mol. The number of rotatable bonds is 3. The van der Waals surface area contributed by atoms with Gasteiger partial charge in [0, 0.05) is 13.1 Å². The fourth-order valence-electron chi connectivity index (χ4n) is 2.14. The smallest absolute Gasteiger partial charge is 0.241 e. The molecule has 0 aliphatic carbocycles. The van der Waals surface area contributed by atoms with E-state index in [1.54, 1.807) is 0 Å². The van der Waals surface area contributed by atoms with E-state index in [-0.39, 0.29) is 0 Å². The average molecular weight is 253 g/mol. The van der Waals surface area contributed by atoms with E-state index in [1.165, 1.54) is 20.4 Å². The molecule has 0 unspecified atom stereocenters. The van der Waals surface area contributed by atoms with Crippen LogP contribution < -0.4 is 9.47 Å². The lowest BCUT2D eigenvalue weighted by Crippen LogP contribution is -2.41. The molecule has 0 radical (unpaired) electrons. The Kier molecular flexibility index (Phi) is 3.68. The summed E-state index contributed by atoms with van der Waals surface area (Å²) in [5.74, 6) is 0.716. The van der Waals surface area contributed by atoms with E-state index in [2.05, 4.69) is 14.9 Å². The van der Waals surface area contributed by atoms with Crippen LogP contribution in [0, 0.1) is 0 Å². The highest BCUT2D eigenvalue weighted by molar-refractivity contribution is 5.28. The summed E-state index contributed by atoms with van der Waals surface area (Å²) < 4.78 is 10.2. The van der Waals surface area contributed by atoms with Crippen molar-refractivity contribution >= 4 is 0 Å². The summed E-state index contributed by atoms with van der Waals surface area (Å²) in [7, 11) is 5.08. The molecule has 0 saturated carbocycles. The minimum Gasteiger partial charge on any atom is -0.480 e. The van der Waals surface area contributed by atoms with Crippen molar-refractivity contribution < 1.29 is 14.6 Å². The highest BCUT2D eigenvalue weighted by Crippen LogP contribution is 2.36. The van der Waals surface area contributed by atoms with Gasteiger partial charge in [0.05, 0.1) is 20.4 Å². The van der Waals surface area contributed by atoms with E-state index in [0.717, 1.165) is 13.1 Å². The molecule has 1 N–H and O–H groups in total. The molecule has 1 aliphatic rings. The Morgan fingerprint density at radius 3 is 2.50 bits per heavy atom. The van der Waals surface area contributed by atoms with E-state index in [4.69, 9.17) is 9.47 Å². The Hall–Kier alpha value is -1.40. The SMILES string of the molecule is COc1cnc(C2(O)CCN(C)CC2)c(OC)n1. The number of aliphatic hydroxyl groups is 1. The van der Waals surface area contributed by atoms with Gasteiger partial charge >= 0.3 is 0 Å². The Balaban J connectivity index is 2.32. The quantitative estimate of drug-likeness (QED) is 0.841. The van der Waals surface area contributed by atoms with Crippen LogP contribution in [-0.4, -0.2) is 54.3 Å². The van der Waals surface area contributed by atoms with Crippen molar-refractivity contribution in [3.63, 3.8) is 0 Å². The summed E-state index contributed by atoms with van der Waals surface area (Å²) >= 11 is 0. The maximum Gasteiger partial charge on any atom is 0.241 e. The summed E-state index contributed by atoms with van der Waals surface area (Å²) in [6.07, 6.45) is 2.76. The maximum atomic E-state index is 10.7. The highest BCUT2D eigenvalue weighted by atomic mass is 16.5. The van der Waals surface area contributed by atoms with Crippen LogP contribution in [0.15, 0.2) is 6.20 Å². The van der Waals surface area contributed by atoms with Gasteiger partial charge in [0.2, 0.25) is 11.8 Å². The molecule has 0 bridgehead atoms. The molecule has 0 spiro atoms. The molecule has 0 atom stereocenters. The van der Waals surface area contributed by atoms with Gasteiger partial charge in [0.15, 0.2) is 0 Å². The van der Waals surface area contributed by atoms with Gasteiger partial charge in [-0.1, -0.05) is 0 Å². The van der Waals surface area contributed by atoms with Crippen LogP contribution >= 0.6 is 0 Å². The molecule has 2 rings (SSSR count). The van der Waals surface area contributed by atoms with Crippen molar-refractivity contribution in [1.82, 2.24) is 14.9 Å². The first kappa shape index (κ1) is 13.0.